The Balaban J connectivity index is 1.83. The van der Waals surface area contributed by atoms with Gasteiger partial charge in [-0.1, -0.05) is 65.8 Å². The van der Waals surface area contributed by atoms with Crippen LogP contribution >= 0.6 is 0 Å². The number of hydrogen-bond donors (Lipinski definition) is 1. The number of nitrogens with one attached hydrogen (secondary N) is 1. The van der Waals surface area contributed by atoms with Crippen LogP contribution in [0, 0.1) is 0 Å². The van der Waals surface area contributed by atoms with Crippen molar-refractivity contribution < 1.29 is 0 Å². The van der Waals surface area contributed by atoms with Gasteiger partial charge >= 0.3 is 0 Å². The molecule has 5 heteroatoms. The highest BCUT2D eigenvalue weighted by Gasteiger charge is 2.23. The summed E-state index contributed by atoms with van der Waals surface area (Å²) in [7, 11) is 0. The second-order valence-electron chi connectivity index (χ2n) is 4.87. The molecule has 5 nitrogen and oxygen atoms in total. The number of aromatic nitrogens is 4. The largest absolute Gasteiger partial charge is 0.323 e. The van der Waals surface area contributed by atoms with Gasteiger partial charge in [0.25, 0.3) is 0 Å². The van der Waals surface area contributed by atoms with E-state index in [1.807, 2.05) is 36.4 Å². The van der Waals surface area contributed by atoms with Gasteiger partial charge in [-0.3, -0.25) is 0 Å². The molecule has 1 aromatic heterocycles. The molecule has 1 aliphatic rings. The Morgan fingerprint density at radius 1 is 0.905 bits per heavy atom. The Labute approximate surface area is 121 Å². The smallest absolute Gasteiger partial charge is 0.248 e. The first-order valence-corrected chi connectivity index (χ1v) is 6.79. The molecule has 2 heterocycles. The fraction of sp³-hybridized carbons (Fsp3) is 0.0625. The number of allylic oxidation sites excluding steroid dienone is 1. The maximum atomic E-state index is 4.09. The van der Waals surface area contributed by atoms with E-state index in [1.54, 1.807) is 4.68 Å². The summed E-state index contributed by atoms with van der Waals surface area (Å²) in [6.07, 6.45) is 2.15. The van der Waals surface area contributed by atoms with Gasteiger partial charge in [0.15, 0.2) is 0 Å². The third-order valence-electron chi connectivity index (χ3n) is 3.55. The molecule has 0 radical (unpaired) electrons. The van der Waals surface area contributed by atoms with Crippen molar-refractivity contribution in [3.05, 3.63) is 77.9 Å². The summed E-state index contributed by atoms with van der Waals surface area (Å²) in [6, 6.07) is 20.4. The van der Waals surface area contributed by atoms with Gasteiger partial charge in [-0.15, -0.1) is 0 Å². The van der Waals surface area contributed by atoms with E-state index >= 15 is 0 Å². The van der Waals surface area contributed by atoms with E-state index in [-0.39, 0.29) is 6.04 Å². The molecule has 3 aromatic rings. The Morgan fingerprint density at radius 3 is 2.38 bits per heavy atom. The monoisotopic (exact) mass is 275 g/mol. The Bertz CT molecular complexity index is 777. The standard InChI is InChI=1S/C16H13N5/c1-3-7-12(8-4-1)14-11-15(13-9-5-2-6-10-13)21-16(17-14)18-19-20-21/h1-11,15H,(H,17,18,20). The van der Waals surface area contributed by atoms with E-state index in [4.69, 9.17) is 0 Å². The molecule has 0 aliphatic carbocycles. The van der Waals surface area contributed by atoms with Gasteiger partial charge in [0, 0.05) is 5.70 Å². The van der Waals surface area contributed by atoms with Gasteiger partial charge in [0.1, 0.15) is 6.04 Å². The van der Waals surface area contributed by atoms with Crippen LogP contribution in [0.1, 0.15) is 17.2 Å². The highest BCUT2D eigenvalue weighted by molar-refractivity contribution is 5.76. The van der Waals surface area contributed by atoms with Gasteiger partial charge in [0.05, 0.1) is 0 Å². The molecule has 1 aliphatic heterocycles. The SMILES string of the molecule is C1=C(c2ccccc2)Nc2nnnn2C1c1ccccc1. The first kappa shape index (κ1) is 11.8. The van der Waals surface area contributed by atoms with Crippen LogP contribution < -0.4 is 5.32 Å². The van der Waals surface area contributed by atoms with Gasteiger partial charge in [0.2, 0.25) is 5.95 Å². The first-order valence-electron chi connectivity index (χ1n) is 6.79. The molecule has 21 heavy (non-hydrogen) atoms. The van der Waals surface area contributed by atoms with Gasteiger partial charge in [-0.25, -0.2) is 0 Å². The molecule has 2 aromatic carbocycles. The van der Waals surface area contributed by atoms with Crippen molar-refractivity contribution in [2.75, 3.05) is 5.32 Å². The lowest BCUT2D eigenvalue weighted by Crippen LogP contribution is -2.20. The van der Waals surface area contributed by atoms with Crippen LogP contribution in [0.2, 0.25) is 0 Å². The molecule has 102 valence electrons. The highest BCUT2D eigenvalue weighted by atomic mass is 15.6. The molecule has 1 N–H and O–H groups in total. The number of anilines is 1. The summed E-state index contributed by atoms with van der Waals surface area (Å²) < 4.78 is 1.79. The predicted octanol–water partition coefficient (Wildman–Crippen LogP) is 2.73. The third kappa shape index (κ3) is 2.08. The van der Waals surface area contributed by atoms with Gasteiger partial charge in [-0.05, 0) is 27.6 Å². The van der Waals surface area contributed by atoms with E-state index in [1.165, 1.54) is 0 Å². The molecule has 1 atom stereocenters. The molecule has 0 bridgehead atoms. The van der Waals surface area contributed by atoms with Crippen molar-refractivity contribution in [3.8, 4) is 0 Å². The third-order valence-corrected chi connectivity index (χ3v) is 3.55. The van der Waals surface area contributed by atoms with Crippen LogP contribution in [-0.2, 0) is 0 Å². The van der Waals surface area contributed by atoms with Crippen molar-refractivity contribution in [1.29, 1.82) is 0 Å². The van der Waals surface area contributed by atoms with Gasteiger partial charge < -0.3 is 5.32 Å². The summed E-state index contributed by atoms with van der Waals surface area (Å²) in [6.45, 7) is 0. The minimum atomic E-state index is -0.00680. The maximum Gasteiger partial charge on any atom is 0.248 e. The molecular formula is C16H13N5. The van der Waals surface area contributed by atoms with Crippen molar-refractivity contribution in [2.45, 2.75) is 6.04 Å². The number of fused-ring (bicyclic) bond motifs is 1. The number of benzene rings is 2. The van der Waals surface area contributed by atoms with E-state index in [9.17, 15) is 0 Å². The molecule has 0 saturated carbocycles. The van der Waals surface area contributed by atoms with Crippen LogP contribution in [0.25, 0.3) is 5.70 Å². The molecule has 1 unspecified atom stereocenters. The minimum absolute atomic E-state index is 0.00680. The first-order chi connectivity index (χ1) is 10.4. The van der Waals surface area contributed by atoms with Crippen LogP contribution in [-0.4, -0.2) is 20.2 Å². The topological polar surface area (TPSA) is 55.6 Å². The second-order valence-corrected chi connectivity index (χ2v) is 4.87. The van der Waals surface area contributed by atoms with Crippen LogP contribution in [0.5, 0.6) is 0 Å². The summed E-state index contributed by atoms with van der Waals surface area (Å²) >= 11 is 0. The lowest BCUT2D eigenvalue weighted by atomic mass is 10.0. The fourth-order valence-electron chi connectivity index (χ4n) is 2.53. The quantitative estimate of drug-likeness (QED) is 0.781. The van der Waals surface area contributed by atoms with E-state index in [0.717, 1.165) is 16.8 Å². The highest BCUT2D eigenvalue weighted by Crippen LogP contribution is 2.31. The summed E-state index contributed by atoms with van der Waals surface area (Å²) in [5.41, 5.74) is 3.29. The number of rotatable bonds is 2. The molecule has 0 fully saturated rings. The predicted molar refractivity (Wildman–Crippen MR) is 80.4 cm³/mol. The molecule has 0 spiro atoms. The van der Waals surface area contributed by atoms with Gasteiger partial charge in [-0.2, -0.15) is 4.68 Å². The van der Waals surface area contributed by atoms with Crippen LogP contribution in [0.3, 0.4) is 0 Å². The summed E-state index contributed by atoms with van der Waals surface area (Å²) in [4.78, 5) is 0. The fourth-order valence-corrected chi connectivity index (χ4v) is 2.53. The number of hydrogen-bond acceptors (Lipinski definition) is 4. The lowest BCUT2D eigenvalue weighted by Gasteiger charge is -2.23. The number of nitrogens with zero attached hydrogens (tertiary/aromatic N) is 4. The van der Waals surface area contributed by atoms with E-state index in [2.05, 4.69) is 51.2 Å². The minimum Gasteiger partial charge on any atom is -0.323 e. The van der Waals surface area contributed by atoms with E-state index in [0.29, 0.717) is 5.95 Å². The van der Waals surface area contributed by atoms with Crippen molar-refractivity contribution >= 4 is 11.6 Å². The molecule has 0 amide bonds. The van der Waals surface area contributed by atoms with Crippen molar-refractivity contribution in [2.24, 2.45) is 0 Å². The average molecular weight is 275 g/mol. The summed E-state index contributed by atoms with van der Waals surface area (Å²) in [5.74, 6) is 0.658. The molecule has 4 rings (SSSR count). The zero-order valence-electron chi connectivity index (χ0n) is 11.2. The Hall–Kier alpha value is -2.95. The molecule has 0 saturated heterocycles. The number of tetrazole rings is 1. The van der Waals surface area contributed by atoms with E-state index < -0.39 is 0 Å². The zero-order valence-corrected chi connectivity index (χ0v) is 11.2. The Kier molecular flexibility index (Phi) is 2.74. The zero-order chi connectivity index (χ0) is 14.1. The molecular weight excluding hydrogens is 262 g/mol. The average Bonchev–Trinajstić information content (AvgIpc) is 3.04. The maximum absolute atomic E-state index is 4.09. The Morgan fingerprint density at radius 2 is 1.62 bits per heavy atom. The van der Waals surface area contributed by atoms with Crippen molar-refractivity contribution in [3.63, 3.8) is 0 Å². The summed E-state index contributed by atoms with van der Waals surface area (Å²) in [5, 5.41) is 15.2. The van der Waals surface area contributed by atoms with Crippen LogP contribution in [0.4, 0.5) is 5.95 Å². The van der Waals surface area contributed by atoms with Crippen molar-refractivity contribution in [1.82, 2.24) is 20.2 Å². The second kappa shape index (κ2) is 4.86. The normalized spacial score (nSPS) is 16.8. The van der Waals surface area contributed by atoms with Crippen LogP contribution in [0.15, 0.2) is 66.7 Å². The lowest BCUT2D eigenvalue weighted by molar-refractivity contribution is 0.586.